The Bertz CT molecular complexity index is 267. The molecule has 0 radical (unpaired) electrons. The lowest BCUT2D eigenvalue weighted by atomic mass is 10.3. The maximum absolute atomic E-state index is 11.5. The van der Waals surface area contributed by atoms with E-state index in [1.165, 1.54) is 0 Å². The summed E-state index contributed by atoms with van der Waals surface area (Å²) in [5.41, 5.74) is 0. The summed E-state index contributed by atoms with van der Waals surface area (Å²) in [7, 11) is 0. The Labute approximate surface area is 69.8 Å². The van der Waals surface area contributed by atoms with Crippen molar-refractivity contribution in [2.24, 2.45) is 0 Å². The van der Waals surface area contributed by atoms with Crippen LogP contribution in [0.1, 0.15) is 0 Å². The molecule has 0 aromatic carbocycles. The molecule has 8 heteroatoms. The highest BCUT2D eigenvalue weighted by Crippen LogP contribution is 2.14. The van der Waals surface area contributed by atoms with Crippen LogP contribution in [0.3, 0.4) is 0 Å². The van der Waals surface area contributed by atoms with Gasteiger partial charge in [-0.2, -0.15) is 18.4 Å². The van der Waals surface area contributed by atoms with Gasteiger partial charge in [-0.25, -0.2) is 4.79 Å². The molecule has 0 fully saturated rings. The third-order valence-corrected chi connectivity index (χ3v) is 0.909. The van der Waals surface area contributed by atoms with Crippen LogP contribution in [0.4, 0.5) is 13.2 Å². The van der Waals surface area contributed by atoms with Gasteiger partial charge < -0.3 is 10.4 Å². The third-order valence-electron chi connectivity index (χ3n) is 0.909. The lowest BCUT2D eigenvalue weighted by Crippen LogP contribution is -2.46. The van der Waals surface area contributed by atoms with Crippen molar-refractivity contribution >= 4 is 11.9 Å². The van der Waals surface area contributed by atoms with Crippen LogP contribution in [0.15, 0.2) is 0 Å². The second-order valence-corrected chi connectivity index (χ2v) is 1.87. The average molecular weight is 196 g/mol. The SMILES string of the molecule is N#CC(NC(=O)C(F)(F)F)C(=O)O. The van der Waals surface area contributed by atoms with Crippen LogP contribution in [0.25, 0.3) is 0 Å². The monoisotopic (exact) mass is 196 g/mol. The number of halogens is 3. The van der Waals surface area contributed by atoms with E-state index in [1.807, 2.05) is 0 Å². The molecular weight excluding hydrogens is 193 g/mol. The first-order valence-electron chi connectivity index (χ1n) is 2.79. The van der Waals surface area contributed by atoms with Gasteiger partial charge in [0, 0.05) is 0 Å². The number of amides is 1. The van der Waals surface area contributed by atoms with Gasteiger partial charge in [0.05, 0.1) is 6.07 Å². The van der Waals surface area contributed by atoms with Crippen LogP contribution in [0.2, 0.25) is 0 Å². The van der Waals surface area contributed by atoms with Crippen LogP contribution in [0.5, 0.6) is 0 Å². The molecule has 0 saturated carbocycles. The summed E-state index contributed by atoms with van der Waals surface area (Å²) in [6.45, 7) is 0. The molecule has 0 aliphatic rings. The quantitative estimate of drug-likeness (QED) is 0.631. The number of hydrogen-bond acceptors (Lipinski definition) is 3. The third kappa shape index (κ3) is 3.42. The standard InChI is InChI=1S/C5H3F3N2O3/c6-5(7,8)4(13)10-2(1-9)3(11)12/h2H,(H,10,13)(H,11,12). The number of nitrogens with zero attached hydrogens (tertiary/aromatic N) is 1. The number of alkyl halides is 3. The topological polar surface area (TPSA) is 90.2 Å². The minimum atomic E-state index is -5.19. The molecule has 5 nitrogen and oxygen atoms in total. The molecule has 0 aromatic heterocycles. The van der Waals surface area contributed by atoms with Crippen molar-refractivity contribution in [3.05, 3.63) is 0 Å². The summed E-state index contributed by atoms with van der Waals surface area (Å²) in [4.78, 5) is 20.1. The maximum Gasteiger partial charge on any atom is 0.471 e. The number of carboxylic acids is 1. The Balaban J connectivity index is 4.38. The first kappa shape index (κ1) is 11.2. The van der Waals surface area contributed by atoms with Crippen LogP contribution >= 0.6 is 0 Å². The first-order chi connectivity index (χ1) is 5.79. The smallest absolute Gasteiger partial charge is 0.471 e. The molecule has 0 saturated heterocycles. The normalized spacial score (nSPS) is 12.8. The van der Waals surface area contributed by atoms with Gasteiger partial charge in [0.25, 0.3) is 0 Å². The van der Waals surface area contributed by atoms with Crippen LogP contribution in [-0.2, 0) is 9.59 Å². The molecule has 0 aliphatic heterocycles. The molecular formula is C5H3F3N2O3. The van der Waals surface area contributed by atoms with E-state index in [0.29, 0.717) is 0 Å². The van der Waals surface area contributed by atoms with Crippen LogP contribution in [-0.4, -0.2) is 29.2 Å². The Morgan fingerprint density at radius 3 is 2.15 bits per heavy atom. The van der Waals surface area contributed by atoms with Crippen LogP contribution in [0, 0.1) is 11.3 Å². The van der Waals surface area contributed by atoms with E-state index in [1.54, 1.807) is 0 Å². The Hall–Kier alpha value is -1.78. The Morgan fingerprint density at radius 2 is 1.92 bits per heavy atom. The van der Waals surface area contributed by atoms with Gasteiger partial charge in [0.1, 0.15) is 0 Å². The van der Waals surface area contributed by atoms with Crippen LogP contribution < -0.4 is 5.32 Å². The van der Waals surface area contributed by atoms with Gasteiger partial charge in [-0.1, -0.05) is 0 Å². The molecule has 1 amide bonds. The van der Waals surface area contributed by atoms with E-state index < -0.39 is 24.1 Å². The number of carbonyl (C=O) groups excluding carboxylic acids is 1. The van der Waals surface area contributed by atoms with Crippen molar-refractivity contribution in [3.8, 4) is 6.07 Å². The fourth-order valence-electron chi connectivity index (χ4n) is 0.362. The average Bonchev–Trinajstić information content (AvgIpc) is 1.96. The van der Waals surface area contributed by atoms with Gasteiger partial charge in [-0.15, -0.1) is 0 Å². The molecule has 0 aliphatic carbocycles. The van der Waals surface area contributed by atoms with E-state index >= 15 is 0 Å². The van der Waals surface area contributed by atoms with Crippen molar-refractivity contribution in [1.29, 1.82) is 5.26 Å². The van der Waals surface area contributed by atoms with Gasteiger partial charge in [-0.05, 0) is 0 Å². The van der Waals surface area contributed by atoms with E-state index in [4.69, 9.17) is 10.4 Å². The van der Waals surface area contributed by atoms with Gasteiger partial charge in [-0.3, -0.25) is 4.79 Å². The van der Waals surface area contributed by atoms with Gasteiger partial charge >= 0.3 is 18.1 Å². The minimum absolute atomic E-state index is 0.973. The van der Waals surface area contributed by atoms with Crippen molar-refractivity contribution < 1.29 is 27.9 Å². The van der Waals surface area contributed by atoms with Gasteiger partial charge in [0.15, 0.2) is 0 Å². The predicted molar refractivity (Wildman–Crippen MR) is 31.2 cm³/mol. The van der Waals surface area contributed by atoms with Crippen molar-refractivity contribution in [2.75, 3.05) is 0 Å². The van der Waals surface area contributed by atoms with Crippen molar-refractivity contribution in [1.82, 2.24) is 5.32 Å². The summed E-state index contributed by atoms with van der Waals surface area (Å²) in [5, 5.41) is 17.1. The summed E-state index contributed by atoms with van der Waals surface area (Å²) in [6.07, 6.45) is -5.19. The number of carboxylic acid groups (broad SMARTS) is 1. The van der Waals surface area contributed by atoms with Crippen molar-refractivity contribution in [3.63, 3.8) is 0 Å². The Morgan fingerprint density at radius 1 is 1.46 bits per heavy atom. The molecule has 13 heavy (non-hydrogen) atoms. The fourth-order valence-corrected chi connectivity index (χ4v) is 0.362. The predicted octanol–water partition coefficient (Wildman–Crippen LogP) is -0.358. The number of carbonyl (C=O) groups is 2. The van der Waals surface area contributed by atoms with Crippen molar-refractivity contribution in [2.45, 2.75) is 12.2 Å². The zero-order chi connectivity index (χ0) is 10.6. The molecule has 1 unspecified atom stereocenters. The zero-order valence-corrected chi connectivity index (χ0v) is 5.92. The molecule has 1 atom stereocenters. The highest BCUT2D eigenvalue weighted by Gasteiger charge is 2.40. The van der Waals surface area contributed by atoms with E-state index in [0.717, 1.165) is 11.4 Å². The van der Waals surface area contributed by atoms with E-state index in [-0.39, 0.29) is 0 Å². The van der Waals surface area contributed by atoms with Gasteiger partial charge in [0.2, 0.25) is 6.04 Å². The summed E-state index contributed by atoms with van der Waals surface area (Å²) in [5.74, 6) is -4.30. The number of nitriles is 1. The first-order valence-corrected chi connectivity index (χ1v) is 2.79. The van der Waals surface area contributed by atoms with E-state index in [2.05, 4.69) is 0 Å². The number of aliphatic carboxylic acids is 1. The number of nitrogens with one attached hydrogen (secondary N) is 1. The lowest BCUT2D eigenvalue weighted by Gasteiger charge is -2.08. The Kier molecular flexibility index (Phi) is 3.24. The number of hydrogen-bond donors (Lipinski definition) is 2. The second kappa shape index (κ2) is 3.75. The summed E-state index contributed by atoms with van der Waals surface area (Å²) >= 11 is 0. The second-order valence-electron chi connectivity index (χ2n) is 1.87. The summed E-state index contributed by atoms with van der Waals surface area (Å²) < 4.78 is 34.5. The number of rotatable bonds is 2. The maximum atomic E-state index is 11.5. The van der Waals surface area contributed by atoms with E-state index in [9.17, 15) is 22.8 Å². The fraction of sp³-hybridized carbons (Fsp3) is 0.400. The molecule has 0 aromatic rings. The highest BCUT2D eigenvalue weighted by atomic mass is 19.4. The largest absolute Gasteiger partial charge is 0.479 e. The molecule has 0 spiro atoms. The molecule has 2 N–H and O–H groups in total. The summed E-state index contributed by atoms with van der Waals surface area (Å²) in [6, 6.07) is -1.21. The molecule has 0 heterocycles. The minimum Gasteiger partial charge on any atom is -0.479 e. The lowest BCUT2D eigenvalue weighted by molar-refractivity contribution is -0.174. The molecule has 72 valence electrons. The highest BCUT2D eigenvalue weighted by molar-refractivity contribution is 5.88. The molecule has 0 bridgehead atoms. The zero-order valence-electron chi connectivity index (χ0n) is 5.92. The molecule has 0 rings (SSSR count).